The van der Waals surface area contributed by atoms with Gasteiger partial charge in [-0.25, -0.2) is 13.1 Å². The van der Waals surface area contributed by atoms with Gasteiger partial charge in [-0.3, -0.25) is 0 Å². The maximum atomic E-state index is 12.2. The predicted octanol–water partition coefficient (Wildman–Crippen LogP) is 0.888. The van der Waals surface area contributed by atoms with Crippen LogP contribution in [0.15, 0.2) is 29.2 Å². The number of aromatic nitrogens is 4. The zero-order valence-electron chi connectivity index (χ0n) is 10.3. The Kier molecular flexibility index (Phi) is 2.74. The van der Waals surface area contributed by atoms with Gasteiger partial charge in [-0.2, -0.15) is 4.80 Å². The minimum absolute atomic E-state index is 0.0284. The fraction of sp³-hybridized carbons (Fsp3) is 0.364. The van der Waals surface area contributed by atoms with Crippen LogP contribution in [0.4, 0.5) is 5.95 Å². The third-order valence-corrected chi connectivity index (χ3v) is 4.28. The Hall–Kier alpha value is -1.96. The highest BCUT2D eigenvalue weighted by Gasteiger charge is 2.25. The number of sulfonamides is 1. The molecule has 1 aliphatic carbocycles. The Labute approximate surface area is 110 Å². The summed E-state index contributed by atoms with van der Waals surface area (Å²) in [5.41, 5.74) is 1.06. The SMILES string of the molecule is Cn1nnc(NS(=O)(=O)c2cccc(C3CC3)c2)n1. The highest BCUT2D eigenvalue weighted by atomic mass is 32.2. The quantitative estimate of drug-likeness (QED) is 0.897. The van der Waals surface area contributed by atoms with Crippen LogP contribution in [-0.2, 0) is 17.1 Å². The first-order valence-corrected chi connectivity index (χ1v) is 7.40. The molecule has 8 heteroatoms. The summed E-state index contributed by atoms with van der Waals surface area (Å²) < 4.78 is 26.7. The van der Waals surface area contributed by atoms with Crippen molar-refractivity contribution in [1.82, 2.24) is 20.2 Å². The number of hydrogen-bond donors (Lipinski definition) is 1. The van der Waals surface area contributed by atoms with Crippen molar-refractivity contribution in [1.29, 1.82) is 0 Å². The standard InChI is InChI=1S/C11H13N5O2S/c1-16-13-11(12-15-16)14-19(17,18)10-4-2-3-9(7-10)8-5-6-8/h2-4,7-8H,5-6H2,1H3,(H,13,14). The lowest BCUT2D eigenvalue weighted by Gasteiger charge is -2.06. The Morgan fingerprint density at radius 3 is 2.79 bits per heavy atom. The number of aryl methyl sites for hydroxylation is 1. The zero-order chi connectivity index (χ0) is 13.5. The highest BCUT2D eigenvalue weighted by Crippen LogP contribution is 2.40. The van der Waals surface area contributed by atoms with Crippen molar-refractivity contribution in [2.24, 2.45) is 7.05 Å². The number of nitrogens with zero attached hydrogens (tertiary/aromatic N) is 4. The molecule has 0 bridgehead atoms. The van der Waals surface area contributed by atoms with Gasteiger partial charge in [-0.05, 0) is 41.7 Å². The van der Waals surface area contributed by atoms with E-state index in [2.05, 4.69) is 20.1 Å². The number of anilines is 1. The Morgan fingerprint density at radius 1 is 1.37 bits per heavy atom. The van der Waals surface area contributed by atoms with Crippen LogP contribution in [0.2, 0.25) is 0 Å². The summed E-state index contributed by atoms with van der Waals surface area (Å²) in [6, 6.07) is 6.98. The lowest BCUT2D eigenvalue weighted by molar-refractivity contribution is 0.600. The minimum atomic E-state index is -3.66. The first-order chi connectivity index (χ1) is 9.04. The van der Waals surface area contributed by atoms with Crippen molar-refractivity contribution in [3.05, 3.63) is 29.8 Å². The second-order valence-electron chi connectivity index (χ2n) is 4.55. The van der Waals surface area contributed by atoms with Crippen LogP contribution in [-0.4, -0.2) is 28.6 Å². The third kappa shape index (κ3) is 2.58. The monoisotopic (exact) mass is 279 g/mol. The molecule has 1 N–H and O–H groups in total. The largest absolute Gasteiger partial charge is 0.277 e. The Morgan fingerprint density at radius 2 is 2.16 bits per heavy atom. The Balaban J connectivity index is 1.88. The lowest BCUT2D eigenvalue weighted by atomic mass is 10.1. The van der Waals surface area contributed by atoms with Gasteiger partial charge in [-0.15, -0.1) is 5.10 Å². The van der Waals surface area contributed by atoms with Crippen molar-refractivity contribution in [2.75, 3.05) is 4.72 Å². The summed E-state index contributed by atoms with van der Waals surface area (Å²) in [6.45, 7) is 0. The van der Waals surface area contributed by atoms with Crippen molar-refractivity contribution in [3.8, 4) is 0 Å². The number of tetrazole rings is 1. The lowest BCUT2D eigenvalue weighted by Crippen LogP contribution is -2.14. The van der Waals surface area contributed by atoms with Gasteiger partial charge in [0.2, 0.25) is 0 Å². The number of benzene rings is 1. The normalized spacial score (nSPS) is 15.4. The van der Waals surface area contributed by atoms with E-state index in [1.807, 2.05) is 6.07 Å². The fourth-order valence-corrected chi connectivity index (χ4v) is 2.85. The molecule has 2 aromatic rings. The molecule has 7 nitrogen and oxygen atoms in total. The maximum absolute atomic E-state index is 12.2. The smallest absolute Gasteiger partial charge is 0.245 e. The fourth-order valence-electron chi connectivity index (χ4n) is 1.86. The topological polar surface area (TPSA) is 89.8 Å². The van der Waals surface area contributed by atoms with E-state index in [1.54, 1.807) is 25.2 Å². The van der Waals surface area contributed by atoms with Crippen molar-refractivity contribution in [3.63, 3.8) is 0 Å². The molecule has 1 heterocycles. The average molecular weight is 279 g/mol. The van der Waals surface area contributed by atoms with E-state index in [4.69, 9.17) is 0 Å². The molecule has 1 aliphatic rings. The summed E-state index contributed by atoms with van der Waals surface area (Å²) >= 11 is 0. The molecular weight excluding hydrogens is 266 g/mol. The van der Waals surface area contributed by atoms with Gasteiger partial charge in [0.1, 0.15) is 0 Å². The summed E-state index contributed by atoms with van der Waals surface area (Å²) in [7, 11) is -2.09. The third-order valence-electron chi connectivity index (χ3n) is 2.95. The van der Waals surface area contributed by atoms with Crippen molar-refractivity contribution < 1.29 is 8.42 Å². The number of hydrogen-bond acceptors (Lipinski definition) is 5. The van der Waals surface area contributed by atoms with E-state index in [1.165, 1.54) is 4.80 Å². The molecule has 1 fully saturated rings. The van der Waals surface area contributed by atoms with Crippen LogP contribution < -0.4 is 4.72 Å². The second kappa shape index (κ2) is 4.30. The highest BCUT2D eigenvalue weighted by molar-refractivity contribution is 7.92. The molecule has 0 amide bonds. The molecule has 0 unspecified atom stereocenters. The van der Waals surface area contributed by atoms with Crippen molar-refractivity contribution >= 4 is 16.0 Å². The maximum Gasteiger partial charge on any atom is 0.277 e. The molecule has 1 saturated carbocycles. The van der Waals surface area contributed by atoms with Gasteiger partial charge in [0.25, 0.3) is 16.0 Å². The van der Waals surface area contributed by atoms with Crippen LogP contribution in [0.1, 0.15) is 24.3 Å². The van der Waals surface area contributed by atoms with Gasteiger partial charge in [0.05, 0.1) is 11.9 Å². The summed E-state index contributed by atoms with van der Waals surface area (Å²) in [4.78, 5) is 1.42. The molecule has 1 aromatic carbocycles. The summed E-state index contributed by atoms with van der Waals surface area (Å²) in [5, 5.41) is 11.0. The molecule has 3 rings (SSSR count). The van der Waals surface area contributed by atoms with Gasteiger partial charge in [0.15, 0.2) is 0 Å². The molecule has 0 atom stereocenters. The van der Waals surface area contributed by atoms with Crippen LogP contribution in [0, 0.1) is 0 Å². The van der Waals surface area contributed by atoms with E-state index < -0.39 is 10.0 Å². The molecule has 100 valence electrons. The first-order valence-electron chi connectivity index (χ1n) is 5.91. The summed E-state index contributed by atoms with van der Waals surface area (Å²) in [5.74, 6) is 0.476. The molecule has 0 spiro atoms. The second-order valence-corrected chi connectivity index (χ2v) is 6.24. The van der Waals surface area contributed by atoms with Gasteiger partial charge >= 0.3 is 0 Å². The molecule has 0 radical (unpaired) electrons. The molecule has 19 heavy (non-hydrogen) atoms. The molecule has 0 saturated heterocycles. The zero-order valence-corrected chi connectivity index (χ0v) is 11.1. The average Bonchev–Trinajstić information content (AvgIpc) is 3.14. The van der Waals surface area contributed by atoms with Gasteiger partial charge in [0, 0.05) is 0 Å². The van der Waals surface area contributed by atoms with Crippen molar-refractivity contribution in [2.45, 2.75) is 23.7 Å². The molecule has 0 aliphatic heterocycles. The van der Waals surface area contributed by atoms with Crippen LogP contribution in [0.3, 0.4) is 0 Å². The van der Waals surface area contributed by atoms with Crippen LogP contribution >= 0.6 is 0 Å². The number of nitrogens with one attached hydrogen (secondary N) is 1. The molecular formula is C11H13N5O2S. The minimum Gasteiger partial charge on any atom is -0.245 e. The Bertz CT molecular complexity index is 705. The summed E-state index contributed by atoms with van der Waals surface area (Å²) in [6.07, 6.45) is 2.26. The van der Waals surface area contributed by atoms with Crippen LogP contribution in [0.5, 0.6) is 0 Å². The van der Waals surface area contributed by atoms with Crippen LogP contribution in [0.25, 0.3) is 0 Å². The first kappa shape index (κ1) is 12.1. The van der Waals surface area contributed by atoms with E-state index >= 15 is 0 Å². The van der Waals surface area contributed by atoms with E-state index in [0.717, 1.165) is 18.4 Å². The van der Waals surface area contributed by atoms with E-state index in [0.29, 0.717) is 5.92 Å². The van der Waals surface area contributed by atoms with Gasteiger partial charge < -0.3 is 0 Å². The van der Waals surface area contributed by atoms with E-state index in [-0.39, 0.29) is 10.8 Å². The predicted molar refractivity (Wildman–Crippen MR) is 68.0 cm³/mol. The molecule has 1 aromatic heterocycles. The number of rotatable bonds is 4. The van der Waals surface area contributed by atoms with E-state index in [9.17, 15) is 8.42 Å². The van der Waals surface area contributed by atoms with Gasteiger partial charge in [-0.1, -0.05) is 17.2 Å².